The lowest BCUT2D eigenvalue weighted by atomic mass is 10.2. The number of unbranched alkanes of at least 4 members (excludes halogenated alkanes) is 2. The molecule has 1 rings (SSSR count). The van der Waals surface area contributed by atoms with Crippen LogP contribution in [0.5, 0.6) is 0 Å². The van der Waals surface area contributed by atoms with Crippen molar-refractivity contribution in [1.82, 2.24) is 5.32 Å². The molecule has 90 valence electrons. The van der Waals surface area contributed by atoms with E-state index in [-0.39, 0.29) is 0 Å². The molecule has 1 N–H and O–H groups in total. The smallest absolute Gasteiger partial charge is 0.0106 e. The minimum Gasteiger partial charge on any atom is -0.316 e. The standard InChI is InChI=1S/C13H20INS/c14-9-5-2-6-10-15-11-12-16-13-7-3-1-4-8-13/h1,3-4,7-8,15H,2,5-6,9-12H2. The van der Waals surface area contributed by atoms with Crippen molar-refractivity contribution in [2.75, 3.05) is 23.3 Å². The van der Waals surface area contributed by atoms with Gasteiger partial charge in [0, 0.05) is 17.2 Å². The van der Waals surface area contributed by atoms with Gasteiger partial charge < -0.3 is 5.32 Å². The van der Waals surface area contributed by atoms with Gasteiger partial charge in [-0.3, -0.25) is 0 Å². The summed E-state index contributed by atoms with van der Waals surface area (Å²) in [6.07, 6.45) is 4.04. The Hall–Kier alpha value is 0.260. The van der Waals surface area contributed by atoms with Gasteiger partial charge in [-0.25, -0.2) is 0 Å². The number of halogens is 1. The number of thioether (sulfide) groups is 1. The molecule has 0 saturated carbocycles. The SMILES string of the molecule is ICCCCCNCCSc1ccccc1. The van der Waals surface area contributed by atoms with Gasteiger partial charge in [0.05, 0.1) is 0 Å². The molecule has 0 saturated heterocycles. The molecular formula is C13H20INS. The summed E-state index contributed by atoms with van der Waals surface area (Å²) in [5.41, 5.74) is 0. The van der Waals surface area contributed by atoms with Crippen molar-refractivity contribution in [3.63, 3.8) is 0 Å². The molecule has 0 fully saturated rings. The van der Waals surface area contributed by atoms with Crippen molar-refractivity contribution >= 4 is 34.4 Å². The van der Waals surface area contributed by atoms with E-state index >= 15 is 0 Å². The fraction of sp³-hybridized carbons (Fsp3) is 0.538. The van der Waals surface area contributed by atoms with E-state index in [0.717, 1.165) is 12.3 Å². The second-order valence-corrected chi connectivity index (χ2v) is 5.91. The maximum atomic E-state index is 3.49. The molecule has 3 heteroatoms. The fourth-order valence-electron chi connectivity index (χ4n) is 1.40. The van der Waals surface area contributed by atoms with Gasteiger partial charge in [-0.2, -0.15) is 0 Å². The Morgan fingerprint density at radius 1 is 1.00 bits per heavy atom. The fourth-order valence-corrected chi connectivity index (χ4v) is 2.78. The average Bonchev–Trinajstić information content (AvgIpc) is 2.34. The third-order valence-electron chi connectivity index (χ3n) is 2.28. The number of rotatable bonds is 9. The number of benzene rings is 1. The number of hydrogen-bond acceptors (Lipinski definition) is 2. The summed E-state index contributed by atoms with van der Waals surface area (Å²) >= 11 is 4.37. The van der Waals surface area contributed by atoms with E-state index in [0.29, 0.717) is 0 Å². The van der Waals surface area contributed by atoms with Crippen molar-refractivity contribution < 1.29 is 0 Å². The predicted octanol–water partition coefficient (Wildman–Crippen LogP) is 3.97. The van der Waals surface area contributed by atoms with Gasteiger partial charge in [0.1, 0.15) is 0 Å². The summed E-state index contributed by atoms with van der Waals surface area (Å²) < 4.78 is 1.29. The van der Waals surface area contributed by atoms with Crippen LogP contribution >= 0.6 is 34.4 Å². The molecule has 0 unspecified atom stereocenters. The summed E-state index contributed by atoms with van der Waals surface area (Å²) in [4.78, 5) is 1.37. The van der Waals surface area contributed by atoms with Gasteiger partial charge >= 0.3 is 0 Å². The topological polar surface area (TPSA) is 12.0 Å². The summed E-state index contributed by atoms with van der Waals surface area (Å²) in [5, 5.41) is 3.49. The summed E-state index contributed by atoms with van der Waals surface area (Å²) in [7, 11) is 0. The summed E-state index contributed by atoms with van der Waals surface area (Å²) in [6.45, 7) is 2.29. The Kier molecular flexibility index (Phi) is 9.32. The minimum absolute atomic E-state index is 1.11. The number of alkyl halides is 1. The monoisotopic (exact) mass is 349 g/mol. The molecule has 0 bridgehead atoms. The molecule has 0 radical (unpaired) electrons. The largest absolute Gasteiger partial charge is 0.316 e. The normalized spacial score (nSPS) is 10.6. The lowest BCUT2D eigenvalue weighted by Gasteiger charge is -2.04. The molecule has 1 aromatic rings. The van der Waals surface area contributed by atoms with E-state index in [1.165, 1.54) is 35.1 Å². The molecule has 0 aliphatic carbocycles. The van der Waals surface area contributed by atoms with Crippen molar-refractivity contribution in [2.45, 2.75) is 24.2 Å². The minimum atomic E-state index is 1.11. The van der Waals surface area contributed by atoms with E-state index in [4.69, 9.17) is 0 Å². The highest BCUT2D eigenvalue weighted by molar-refractivity contribution is 14.1. The van der Waals surface area contributed by atoms with E-state index in [1.54, 1.807) is 0 Å². The molecule has 16 heavy (non-hydrogen) atoms. The Bertz CT molecular complexity index is 253. The van der Waals surface area contributed by atoms with Gasteiger partial charge in [0.15, 0.2) is 0 Å². The second kappa shape index (κ2) is 10.4. The zero-order chi connectivity index (χ0) is 11.5. The quantitative estimate of drug-likeness (QED) is 0.313. The zero-order valence-corrected chi connectivity index (χ0v) is 12.6. The molecule has 0 aromatic heterocycles. The van der Waals surface area contributed by atoms with Crippen LogP contribution in [-0.4, -0.2) is 23.3 Å². The first-order valence-corrected chi connectivity index (χ1v) is 8.39. The van der Waals surface area contributed by atoms with E-state index in [1.807, 2.05) is 11.8 Å². The first kappa shape index (κ1) is 14.3. The highest BCUT2D eigenvalue weighted by Gasteiger charge is 1.92. The Balaban J connectivity index is 1.89. The molecule has 0 amide bonds. The first-order valence-electron chi connectivity index (χ1n) is 5.88. The van der Waals surface area contributed by atoms with Crippen LogP contribution in [0.3, 0.4) is 0 Å². The van der Waals surface area contributed by atoms with Gasteiger partial charge in [0.2, 0.25) is 0 Å². The van der Waals surface area contributed by atoms with Crippen LogP contribution in [0.2, 0.25) is 0 Å². The molecule has 0 aliphatic heterocycles. The van der Waals surface area contributed by atoms with Crippen molar-refractivity contribution in [3.8, 4) is 0 Å². The lowest BCUT2D eigenvalue weighted by Crippen LogP contribution is -2.18. The van der Waals surface area contributed by atoms with Crippen molar-refractivity contribution in [2.24, 2.45) is 0 Å². The maximum Gasteiger partial charge on any atom is 0.0106 e. The molecule has 1 nitrogen and oxygen atoms in total. The maximum absolute atomic E-state index is 3.49. The summed E-state index contributed by atoms with van der Waals surface area (Å²) in [6, 6.07) is 10.6. The van der Waals surface area contributed by atoms with Crippen LogP contribution in [0.1, 0.15) is 19.3 Å². The highest BCUT2D eigenvalue weighted by Crippen LogP contribution is 2.15. The van der Waals surface area contributed by atoms with E-state index in [2.05, 4.69) is 58.2 Å². The van der Waals surface area contributed by atoms with Gasteiger partial charge in [-0.1, -0.05) is 47.2 Å². The van der Waals surface area contributed by atoms with Gasteiger partial charge in [0.25, 0.3) is 0 Å². The van der Waals surface area contributed by atoms with Crippen LogP contribution in [0.25, 0.3) is 0 Å². The highest BCUT2D eigenvalue weighted by atomic mass is 127. The first-order chi connectivity index (χ1) is 7.93. The van der Waals surface area contributed by atoms with E-state index in [9.17, 15) is 0 Å². The van der Waals surface area contributed by atoms with Crippen LogP contribution < -0.4 is 5.32 Å². The van der Waals surface area contributed by atoms with Crippen LogP contribution in [0.4, 0.5) is 0 Å². The lowest BCUT2D eigenvalue weighted by molar-refractivity contribution is 0.640. The molecule has 0 spiro atoms. The molecule has 0 heterocycles. The molecular weight excluding hydrogens is 329 g/mol. The van der Waals surface area contributed by atoms with Crippen LogP contribution in [0.15, 0.2) is 35.2 Å². The Labute approximate surface area is 117 Å². The third-order valence-corrected chi connectivity index (χ3v) is 4.05. The average molecular weight is 349 g/mol. The zero-order valence-electron chi connectivity index (χ0n) is 9.62. The van der Waals surface area contributed by atoms with Crippen molar-refractivity contribution in [3.05, 3.63) is 30.3 Å². The van der Waals surface area contributed by atoms with Crippen LogP contribution in [0, 0.1) is 0 Å². The van der Waals surface area contributed by atoms with Crippen molar-refractivity contribution in [1.29, 1.82) is 0 Å². The predicted molar refractivity (Wildman–Crippen MR) is 82.8 cm³/mol. The third kappa shape index (κ3) is 7.52. The Morgan fingerprint density at radius 3 is 2.56 bits per heavy atom. The van der Waals surface area contributed by atoms with Crippen LogP contribution in [-0.2, 0) is 0 Å². The van der Waals surface area contributed by atoms with Gasteiger partial charge in [-0.15, -0.1) is 11.8 Å². The number of nitrogens with one attached hydrogen (secondary N) is 1. The van der Waals surface area contributed by atoms with Gasteiger partial charge in [-0.05, 0) is 35.9 Å². The second-order valence-electron chi connectivity index (χ2n) is 3.66. The molecule has 1 aromatic carbocycles. The Morgan fingerprint density at radius 2 is 1.81 bits per heavy atom. The summed E-state index contributed by atoms with van der Waals surface area (Å²) in [5.74, 6) is 1.16. The number of hydrogen-bond donors (Lipinski definition) is 1. The molecule has 0 atom stereocenters. The van der Waals surface area contributed by atoms with E-state index < -0.39 is 0 Å². The molecule has 0 aliphatic rings.